The first-order chi connectivity index (χ1) is 27.8. The van der Waals surface area contributed by atoms with Crippen LogP contribution in [0.4, 0.5) is 0 Å². The van der Waals surface area contributed by atoms with Crippen LogP contribution in [0.25, 0.3) is 78.4 Å². The molecule has 4 heteroatoms. The zero-order valence-corrected chi connectivity index (χ0v) is 30.3. The lowest BCUT2D eigenvalue weighted by molar-refractivity contribution is 0.669. The molecule has 4 nitrogen and oxygen atoms in total. The molecule has 0 radical (unpaired) electrons. The molecule has 2 aromatic heterocycles. The summed E-state index contributed by atoms with van der Waals surface area (Å²) in [5.74, 6) is 1.85. The zero-order chi connectivity index (χ0) is 37.1. The number of nitrogens with zero attached hydrogens (tertiary/aromatic N) is 3. The van der Waals surface area contributed by atoms with E-state index in [1.165, 1.54) is 33.4 Å². The molecule has 10 aromatic rings. The average Bonchev–Trinajstić information content (AvgIpc) is 3.81. The maximum atomic E-state index is 6.51. The van der Waals surface area contributed by atoms with Crippen LogP contribution in [0.5, 0.6) is 0 Å². The fourth-order valence-corrected chi connectivity index (χ4v) is 8.75. The van der Waals surface area contributed by atoms with Crippen LogP contribution in [-0.4, -0.2) is 15.0 Å². The van der Waals surface area contributed by atoms with Crippen LogP contribution >= 0.6 is 0 Å². The van der Waals surface area contributed by atoms with Gasteiger partial charge in [0.05, 0.1) is 5.41 Å². The van der Waals surface area contributed by atoms with Crippen molar-refractivity contribution in [1.82, 2.24) is 15.0 Å². The van der Waals surface area contributed by atoms with Crippen LogP contribution < -0.4 is 0 Å². The molecule has 0 aliphatic heterocycles. The van der Waals surface area contributed by atoms with Crippen molar-refractivity contribution in [2.45, 2.75) is 5.41 Å². The third-order valence-electron chi connectivity index (χ3n) is 11.2. The third-order valence-corrected chi connectivity index (χ3v) is 11.2. The van der Waals surface area contributed by atoms with Crippen molar-refractivity contribution in [2.75, 3.05) is 0 Å². The lowest BCUT2D eigenvalue weighted by Crippen LogP contribution is -2.28. The highest BCUT2D eigenvalue weighted by atomic mass is 16.3. The van der Waals surface area contributed by atoms with Gasteiger partial charge in [-0.05, 0) is 68.8 Å². The Morgan fingerprint density at radius 3 is 1.52 bits per heavy atom. The molecule has 0 fully saturated rings. The second-order valence-electron chi connectivity index (χ2n) is 14.3. The second-order valence-corrected chi connectivity index (χ2v) is 14.3. The summed E-state index contributed by atoms with van der Waals surface area (Å²) in [4.78, 5) is 15.1. The van der Waals surface area contributed by atoms with Gasteiger partial charge < -0.3 is 4.42 Å². The van der Waals surface area contributed by atoms with Crippen LogP contribution in [0.3, 0.4) is 0 Å². The monoisotopic (exact) mass is 715 g/mol. The number of furan rings is 1. The minimum Gasteiger partial charge on any atom is -0.456 e. The topological polar surface area (TPSA) is 51.8 Å². The SMILES string of the molecule is c1ccc(-c2nc(-c3ccccc3)nc(-c3cccc4oc5ccc(-c6ccc7c(c6)-c6ccccc6C7(c6ccccc6)c6ccccc6)cc5c34)n2)cc1. The summed E-state index contributed by atoms with van der Waals surface area (Å²) < 4.78 is 6.51. The van der Waals surface area contributed by atoms with E-state index in [0.29, 0.717) is 17.5 Å². The summed E-state index contributed by atoms with van der Waals surface area (Å²) in [5.41, 5.74) is 13.8. The van der Waals surface area contributed by atoms with Gasteiger partial charge in [-0.15, -0.1) is 0 Å². The molecule has 0 bridgehead atoms. The molecule has 0 saturated carbocycles. The maximum Gasteiger partial charge on any atom is 0.164 e. The van der Waals surface area contributed by atoms with E-state index in [1.807, 2.05) is 72.8 Å². The quantitative estimate of drug-likeness (QED) is 0.172. The molecule has 11 rings (SSSR count). The van der Waals surface area contributed by atoms with Gasteiger partial charge in [0.15, 0.2) is 17.5 Å². The van der Waals surface area contributed by atoms with E-state index in [2.05, 4.69) is 127 Å². The van der Waals surface area contributed by atoms with Crippen molar-refractivity contribution in [2.24, 2.45) is 0 Å². The molecule has 0 N–H and O–H groups in total. The predicted octanol–water partition coefficient (Wildman–Crippen LogP) is 12.8. The van der Waals surface area contributed by atoms with Gasteiger partial charge in [0, 0.05) is 27.5 Å². The van der Waals surface area contributed by atoms with Crippen molar-refractivity contribution >= 4 is 21.9 Å². The van der Waals surface area contributed by atoms with Crippen LogP contribution in [0, 0.1) is 0 Å². The number of hydrogen-bond donors (Lipinski definition) is 0. The molecular weight excluding hydrogens is 683 g/mol. The molecule has 262 valence electrons. The van der Waals surface area contributed by atoms with Gasteiger partial charge in [-0.25, -0.2) is 15.0 Å². The first kappa shape index (κ1) is 32.0. The number of aromatic nitrogens is 3. The van der Waals surface area contributed by atoms with Crippen LogP contribution in [0.1, 0.15) is 22.3 Å². The zero-order valence-electron chi connectivity index (χ0n) is 30.3. The van der Waals surface area contributed by atoms with Crippen LogP contribution in [0.2, 0.25) is 0 Å². The van der Waals surface area contributed by atoms with E-state index in [9.17, 15) is 0 Å². The average molecular weight is 716 g/mol. The molecule has 0 atom stereocenters. The predicted molar refractivity (Wildman–Crippen MR) is 226 cm³/mol. The van der Waals surface area contributed by atoms with Crippen LogP contribution in [-0.2, 0) is 5.41 Å². The number of hydrogen-bond acceptors (Lipinski definition) is 4. The Bertz CT molecular complexity index is 2970. The smallest absolute Gasteiger partial charge is 0.164 e. The van der Waals surface area contributed by atoms with Crippen LogP contribution in [0.15, 0.2) is 205 Å². The molecule has 1 aliphatic carbocycles. The van der Waals surface area contributed by atoms with Gasteiger partial charge in [-0.2, -0.15) is 0 Å². The molecule has 0 unspecified atom stereocenters. The molecule has 1 aliphatic rings. The molecule has 56 heavy (non-hydrogen) atoms. The Labute approximate surface area is 324 Å². The van der Waals surface area contributed by atoms with E-state index in [1.54, 1.807) is 0 Å². The van der Waals surface area contributed by atoms with Gasteiger partial charge in [-0.3, -0.25) is 0 Å². The Morgan fingerprint density at radius 2 is 0.857 bits per heavy atom. The molecule has 0 amide bonds. The van der Waals surface area contributed by atoms with Gasteiger partial charge in [0.2, 0.25) is 0 Å². The summed E-state index contributed by atoms with van der Waals surface area (Å²) in [6, 6.07) is 70.5. The van der Waals surface area contributed by atoms with Crippen molar-refractivity contribution in [3.63, 3.8) is 0 Å². The Morgan fingerprint density at radius 1 is 0.339 bits per heavy atom. The summed E-state index contributed by atoms with van der Waals surface area (Å²) in [6.07, 6.45) is 0. The van der Waals surface area contributed by atoms with E-state index in [0.717, 1.165) is 49.8 Å². The van der Waals surface area contributed by atoms with E-state index < -0.39 is 5.41 Å². The first-order valence-corrected chi connectivity index (χ1v) is 18.9. The van der Waals surface area contributed by atoms with Gasteiger partial charge >= 0.3 is 0 Å². The lowest BCUT2D eigenvalue weighted by Gasteiger charge is -2.33. The van der Waals surface area contributed by atoms with Crippen molar-refractivity contribution in [3.8, 4) is 56.4 Å². The summed E-state index contributed by atoms with van der Waals surface area (Å²) in [7, 11) is 0. The minimum atomic E-state index is -0.436. The highest BCUT2D eigenvalue weighted by Gasteiger charge is 2.45. The molecule has 8 aromatic carbocycles. The Hall–Kier alpha value is -7.43. The summed E-state index contributed by atoms with van der Waals surface area (Å²) in [5, 5.41) is 1.99. The van der Waals surface area contributed by atoms with Gasteiger partial charge in [0.1, 0.15) is 11.2 Å². The molecule has 0 spiro atoms. The fourth-order valence-electron chi connectivity index (χ4n) is 8.75. The van der Waals surface area contributed by atoms with E-state index >= 15 is 0 Å². The third kappa shape index (κ3) is 4.96. The molecule has 0 saturated heterocycles. The number of benzene rings is 8. The van der Waals surface area contributed by atoms with Crippen molar-refractivity contribution < 1.29 is 4.42 Å². The Balaban J connectivity index is 1.10. The highest BCUT2D eigenvalue weighted by Crippen LogP contribution is 2.56. The summed E-state index contributed by atoms with van der Waals surface area (Å²) in [6.45, 7) is 0. The second kappa shape index (κ2) is 12.9. The number of rotatable bonds is 6. The van der Waals surface area contributed by atoms with E-state index in [4.69, 9.17) is 19.4 Å². The van der Waals surface area contributed by atoms with Gasteiger partial charge in [-0.1, -0.05) is 176 Å². The fraction of sp³-hybridized carbons (Fsp3) is 0.0192. The largest absolute Gasteiger partial charge is 0.456 e. The minimum absolute atomic E-state index is 0.436. The van der Waals surface area contributed by atoms with E-state index in [-0.39, 0.29) is 0 Å². The van der Waals surface area contributed by atoms with Crippen molar-refractivity contribution in [1.29, 1.82) is 0 Å². The normalized spacial score (nSPS) is 12.8. The first-order valence-electron chi connectivity index (χ1n) is 18.9. The summed E-state index contributed by atoms with van der Waals surface area (Å²) >= 11 is 0. The van der Waals surface area contributed by atoms with Crippen molar-refractivity contribution in [3.05, 3.63) is 222 Å². The maximum absolute atomic E-state index is 6.51. The standard InChI is InChI=1S/C52H33N3O/c1-5-16-34(17-6-1)49-53-50(35-18-7-2-8-19-35)55-51(54-49)41-25-15-27-47-48(41)43-33-37(29-31-46(43)56-47)36-28-30-45-42(32-36)40-24-13-14-26-44(40)52(45,38-20-9-3-10-21-38)39-22-11-4-12-23-39/h1-33H. The highest BCUT2D eigenvalue weighted by molar-refractivity contribution is 6.13. The number of fused-ring (bicyclic) bond motifs is 6. The molecule has 2 heterocycles. The Kier molecular flexibility index (Phi) is 7.36. The van der Waals surface area contributed by atoms with Gasteiger partial charge in [0.25, 0.3) is 0 Å². The lowest BCUT2D eigenvalue weighted by atomic mass is 9.67. The molecular formula is C52H33N3O.